The highest BCUT2D eigenvalue weighted by molar-refractivity contribution is 7.21. The van der Waals surface area contributed by atoms with E-state index in [1.54, 1.807) is 18.3 Å². The molecule has 5 rings (SSSR count). The highest BCUT2D eigenvalue weighted by Gasteiger charge is 2.28. The molecule has 1 aliphatic carbocycles. The summed E-state index contributed by atoms with van der Waals surface area (Å²) in [5.41, 5.74) is 1.64. The summed E-state index contributed by atoms with van der Waals surface area (Å²) in [5.74, 6) is 1.58. The first kappa shape index (κ1) is 23.3. The van der Waals surface area contributed by atoms with Gasteiger partial charge in [-0.25, -0.2) is 9.97 Å². The molecular weight excluding hydrogens is 472 g/mol. The van der Waals surface area contributed by atoms with Gasteiger partial charge >= 0.3 is 0 Å². The van der Waals surface area contributed by atoms with Crippen molar-refractivity contribution in [2.45, 2.75) is 51.1 Å². The Bertz CT molecular complexity index is 1150. The average molecular weight is 501 g/mol. The number of nitrogens with zero attached hydrogens (tertiary/aromatic N) is 4. The number of thiazole rings is 1. The Balaban J connectivity index is 1.44. The van der Waals surface area contributed by atoms with E-state index in [2.05, 4.69) is 15.6 Å². The zero-order valence-corrected chi connectivity index (χ0v) is 20.7. The van der Waals surface area contributed by atoms with E-state index < -0.39 is 0 Å². The molecule has 1 aromatic carbocycles. The maximum absolute atomic E-state index is 11.6. The number of aliphatic hydroxyl groups is 1. The number of nitrogens with one attached hydrogen (secondary N) is 2. The number of halogens is 1. The fraction of sp³-hybridized carbons (Fsp3) is 0.500. The van der Waals surface area contributed by atoms with Crippen molar-refractivity contribution < 1.29 is 9.90 Å². The van der Waals surface area contributed by atoms with E-state index in [1.165, 1.54) is 0 Å². The van der Waals surface area contributed by atoms with Crippen LogP contribution < -0.4 is 10.6 Å². The molecule has 0 radical (unpaired) electrons. The average Bonchev–Trinajstić information content (AvgIpc) is 3.45. The molecule has 3 N–H and O–H groups in total. The maximum atomic E-state index is 11.6. The Hall–Kier alpha value is -2.49. The minimum Gasteiger partial charge on any atom is -0.396 e. The quantitative estimate of drug-likeness (QED) is 0.431. The lowest BCUT2D eigenvalue weighted by Crippen LogP contribution is -2.41. The van der Waals surface area contributed by atoms with Gasteiger partial charge in [-0.2, -0.15) is 4.98 Å². The fourth-order valence-corrected chi connectivity index (χ4v) is 6.19. The van der Waals surface area contributed by atoms with Crippen LogP contribution in [0.25, 0.3) is 20.8 Å². The standard InChI is InChI=1S/C24H29ClN6O2S/c1-14(33)31-10-8-16(9-11-31)27-24-29-21(25)20(23-28-18-4-2-3-5-19(18)34-23)22(30-24)26-17-7-6-15(12-17)13-32/h2-5,15-17,32H,6-13H2,1H3,(H2,26,27,29,30)/t15-,17+/m1/s1. The topological polar surface area (TPSA) is 103 Å². The predicted octanol–water partition coefficient (Wildman–Crippen LogP) is 4.40. The largest absolute Gasteiger partial charge is 0.396 e. The van der Waals surface area contributed by atoms with Gasteiger partial charge in [-0.3, -0.25) is 4.79 Å². The normalized spacial score (nSPS) is 21.2. The van der Waals surface area contributed by atoms with Gasteiger partial charge in [0.05, 0.1) is 15.8 Å². The number of rotatable bonds is 6. The number of piperidine rings is 1. The van der Waals surface area contributed by atoms with Crippen molar-refractivity contribution in [2.75, 3.05) is 30.3 Å². The third-order valence-corrected chi connectivity index (χ3v) is 8.11. The molecule has 8 nitrogen and oxygen atoms in total. The molecule has 1 amide bonds. The number of amides is 1. The molecule has 10 heteroatoms. The highest BCUT2D eigenvalue weighted by Crippen LogP contribution is 2.40. The first-order valence-electron chi connectivity index (χ1n) is 11.8. The molecule has 0 spiro atoms. The van der Waals surface area contributed by atoms with Gasteiger partial charge in [0.25, 0.3) is 0 Å². The number of aromatic nitrogens is 3. The summed E-state index contributed by atoms with van der Waals surface area (Å²) in [4.78, 5) is 27.7. The van der Waals surface area contributed by atoms with Crippen molar-refractivity contribution in [3.8, 4) is 10.6 Å². The molecule has 34 heavy (non-hydrogen) atoms. The Labute approximate surface area is 207 Å². The SMILES string of the molecule is CC(=O)N1CCC(Nc2nc(Cl)c(-c3nc4ccccc4s3)c(N[C@H]3CC[C@@H](CO)C3)n2)CC1. The molecule has 1 aliphatic heterocycles. The number of benzene rings is 1. The second-order valence-corrected chi connectivity index (χ2v) is 10.6. The molecule has 3 heterocycles. The van der Waals surface area contributed by atoms with Gasteiger partial charge in [0.15, 0.2) is 0 Å². The molecule has 3 aromatic rings. The predicted molar refractivity (Wildman–Crippen MR) is 136 cm³/mol. The van der Waals surface area contributed by atoms with Crippen LogP contribution in [0.3, 0.4) is 0 Å². The van der Waals surface area contributed by atoms with Crippen molar-refractivity contribution in [2.24, 2.45) is 5.92 Å². The van der Waals surface area contributed by atoms with Crippen molar-refractivity contribution >= 4 is 50.8 Å². The van der Waals surface area contributed by atoms with Crippen LogP contribution in [-0.2, 0) is 4.79 Å². The smallest absolute Gasteiger partial charge is 0.226 e. The van der Waals surface area contributed by atoms with E-state index in [9.17, 15) is 9.90 Å². The first-order valence-corrected chi connectivity index (χ1v) is 13.0. The summed E-state index contributed by atoms with van der Waals surface area (Å²) < 4.78 is 1.08. The van der Waals surface area contributed by atoms with Gasteiger partial charge in [0, 0.05) is 38.7 Å². The molecule has 1 saturated heterocycles. The van der Waals surface area contributed by atoms with Crippen LogP contribution in [0.1, 0.15) is 39.0 Å². The lowest BCUT2D eigenvalue weighted by Gasteiger charge is -2.31. The van der Waals surface area contributed by atoms with Crippen LogP contribution in [0, 0.1) is 5.92 Å². The molecule has 0 bridgehead atoms. The van der Waals surface area contributed by atoms with Crippen molar-refractivity contribution in [3.05, 3.63) is 29.4 Å². The lowest BCUT2D eigenvalue weighted by molar-refractivity contribution is -0.129. The van der Waals surface area contributed by atoms with E-state index in [-0.39, 0.29) is 24.6 Å². The van der Waals surface area contributed by atoms with Crippen molar-refractivity contribution in [1.82, 2.24) is 19.9 Å². The molecule has 2 atom stereocenters. The minimum absolute atomic E-state index is 0.113. The minimum atomic E-state index is 0.113. The monoisotopic (exact) mass is 500 g/mol. The maximum Gasteiger partial charge on any atom is 0.226 e. The van der Waals surface area contributed by atoms with Crippen LogP contribution in [0.5, 0.6) is 0 Å². The summed E-state index contributed by atoms with van der Waals surface area (Å²) in [6.07, 6.45) is 4.53. The lowest BCUT2D eigenvalue weighted by atomic mass is 10.1. The number of anilines is 2. The second-order valence-electron chi connectivity index (χ2n) is 9.18. The zero-order chi connectivity index (χ0) is 23.7. The van der Waals surface area contributed by atoms with E-state index in [4.69, 9.17) is 21.6 Å². The van der Waals surface area contributed by atoms with Gasteiger partial charge in [0.2, 0.25) is 11.9 Å². The number of carbonyl (C=O) groups is 1. The summed E-state index contributed by atoms with van der Waals surface area (Å²) in [6.45, 7) is 3.26. The Kier molecular flexibility index (Phi) is 6.85. The number of aliphatic hydroxyl groups excluding tert-OH is 1. The molecule has 180 valence electrons. The number of fused-ring (bicyclic) bond motifs is 1. The van der Waals surface area contributed by atoms with Gasteiger partial charge < -0.3 is 20.6 Å². The Morgan fingerprint density at radius 2 is 1.91 bits per heavy atom. The number of hydrogen-bond donors (Lipinski definition) is 3. The zero-order valence-electron chi connectivity index (χ0n) is 19.1. The molecule has 2 aliphatic rings. The molecule has 2 aromatic heterocycles. The van der Waals surface area contributed by atoms with Gasteiger partial charge in [-0.1, -0.05) is 23.7 Å². The number of hydrogen-bond acceptors (Lipinski definition) is 8. The summed E-state index contributed by atoms with van der Waals surface area (Å²) in [6, 6.07) is 8.40. The number of para-hydroxylation sites is 1. The van der Waals surface area contributed by atoms with E-state index >= 15 is 0 Å². The third kappa shape index (κ3) is 4.96. The van der Waals surface area contributed by atoms with Crippen molar-refractivity contribution in [1.29, 1.82) is 0 Å². The van der Waals surface area contributed by atoms with E-state index in [0.29, 0.717) is 28.4 Å². The highest BCUT2D eigenvalue weighted by atomic mass is 35.5. The van der Waals surface area contributed by atoms with Crippen LogP contribution in [-0.4, -0.2) is 62.6 Å². The van der Waals surface area contributed by atoms with Gasteiger partial charge in [0.1, 0.15) is 16.0 Å². The third-order valence-electron chi connectivity index (χ3n) is 6.79. The summed E-state index contributed by atoms with van der Waals surface area (Å²) in [7, 11) is 0. The fourth-order valence-electron chi connectivity index (χ4n) is 4.86. The van der Waals surface area contributed by atoms with Crippen molar-refractivity contribution in [3.63, 3.8) is 0 Å². The molecule has 0 unspecified atom stereocenters. The van der Waals surface area contributed by atoms with E-state index in [1.807, 2.05) is 29.2 Å². The Morgan fingerprint density at radius 3 is 2.62 bits per heavy atom. The number of likely N-dealkylation sites (tertiary alicyclic amines) is 1. The molecule has 2 fully saturated rings. The summed E-state index contributed by atoms with van der Waals surface area (Å²) in [5, 5.41) is 17.7. The molecule has 1 saturated carbocycles. The van der Waals surface area contributed by atoms with Crippen LogP contribution >= 0.6 is 22.9 Å². The first-order chi connectivity index (χ1) is 16.5. The summed E-state index contributed by atoms with van der Waals surface area (Å²) >= 11 is 8.34. The van der Waals surface area contributed by atoms with Gasteiger partial charge in [-0.15, -0.1) is 11.3 Å². The van der Waals surface area contributed by atoms with Crippen LogP contribution in [0.2, 0.25) is 5.15 Å². The number of carbonyl (C=O) groups excluding carboxylic acids is 1. The van der Waals surface area contributed by atoms with E-state index in [0.717, 1.165) is 60.4 Å². The molecular formula is C24H29ClN6O2S. The van der Waals surface area contributed by atoms with Gasteiger partial charge in [-0.05, 0) is 50.2 Å². The second kappa shape index (κ2) is 10.0. The van der Waals surface area contributed by atoms with Crippen LogP contribution in [0.15, 0.2) is 24.3 Å². The van der Waals surface area contributed by atoms with Crippen LogP contribution in [0.4, 0.5) is 11.8 Å². The Morgan fingerprint density at radius 1 is 1.12 bits per heavy atom.